The Morgan fingerprint density at radius 3 is 2.36 bits per heavy atom. The molecule has 0 aromatic heterocycles. The van der Waals surface area contributed by atoms with Crippen LogP contribution in [0.2, 0.25) is 0 Å². The van der Waals surface area contributed by atoms with E-state index in [0.717, 1.165) is 39.5 Å². The summed E-state index contributed by atoms with van der Waals surface area (Å²) >= 11 is 0. The maximum atomic E-state index is 5.96. The van der Waals surface area contributed by atoms with Crippen molar-refractivity contribution in [3.8, 4) is 22.6 Å². The van der Waals surface area contributed by atoms with Crippen LogP contribution in [0, 0.1) is 5.92 Å². The van der Waals surface area contributed by atoms with Gasteiger partial charge in [-0.1, -0.05) is 79.4 Å². The van der Waals surface area contributed by atoms with E-state index in [4.69, 9.17) is 18.9 Å². The maximum absolute atomic E-state index is 5.96. The standard InChI is InChI=1S/C34H32NO4/c1-5-26(24-13-11-23(12-14-24)22-9-7-6-8-10-22)33-27-16-15-25-17-30(36-3)31(37-4)18-28(25)34(27)35(2)19-29(33)32-20-38-21-39-32/h5-19,27,34H,1,20-21H2,2-4H3/q+1/b32-29+,33-26+. The van der Waals surface area contributed by atoms with Crippen molar-refractivity contribution >= 4 is 17.9 Å². The van der Waals surface area contributed by atoms with E-state index in [1.54, 1.807) is 14.2 Å². The Labute approximate surface area is 229 Å². The number of benzene rings is 3. The molecular weight excluding hydrogens is 486 g/mol. The highest BCUT2D eigenvalue weighted by atomic mass is 16.7. The average Bonchev–Trinajstić information content (AvgIpc) is 3.53. The number of hydrogen-bond acceptors (Lipinski definition) is 4. The number of methoxy groups -OCH3 is 2. The molecular formula is C34H32NO4+. The first-order chi connectivity index (χ1) is 19.1. The van der Waals surface area contributed by atoms with Crippen molar-refractivity contribution in [2.75, 3.05) is 34.7 Å². The largest absolute Gasteiger partial charge is 0.493 e. The Morgan fingerprint density at radius 2 is 1.69 bits per heavy atom. The Bertz CT molecular complexity index is 1540. The van der Waals surface area contributed by atoms with Gasteiger partial charge < -0.3 is 18.9 Å². The first kappa shape index (κ1) is 25.0. The topological polar surface area (TPSA) is 39.9 Å². The molecule has 1 aliphatic carbocycles. The Morgan fingerprint density at radius 1 is 0.974 bits per heavy atom. The highest BCUT2D eigenvalue weighted by molar-refractivity contribution is 5.93. The zero-order valence-electron chi connectivity index (χ0n) is 22.5. The fraction of sp³-hybridized carbons (Fsp3) is 0.206. The Kier molecular flexibility index (Phi) is 6.67. The van der Waals surface area contributed by atoms with Crippen LogP contribution in [0.25, 0.3) is 22.8 Å². The molecule has 2 heterocycles. The number of hydrogen-bond donors (Lipinski definition) is 0. The third kappa shape index (κ3) is 4.39. The minimum absolute atomic E-state index is 0.0547. The summed E-state index contributed by atoms with van der Waals surface area (Å²) in [6, 6.07) is 23.4. The molecule has 2 unspecified atom stereocenters. The second kappa shape index (κ2) is 10.4. The van der Waals surface area contributed by atoms with E-state index in [2.05, 4.69) is 97.2 Å². The minimum atomic E-state index is 0.0547. The number of allylic oxidation sites excluding steroid dienone is 3. The molecule has 5 heteroatoms. The predicted octanol–water partition coefficient (Wildman–Crippen LogP) is 6.68. The van der Waals surface area contributed by atoms with Gasteiger partial charge in [-0.05, 0) is 45.5 Å². The van der Waals surface area contributed by atoms with Gasteiger partial charge in [-0.15, -0.1) is 0 Å². The van der Waals surface area contributed by atoms with Crippen molar-refractivity contribution in [1.29, 1.82) is 0 Å². The SMILES string of the molecule is C=C/C(=C1\C(=C2/COCO2)C=[N+](C)C2c3cc(OC)c(OC)cc3C=CC12)c1ccc(-c2ccccc2)cc1. The molecule has 2 atom stereocenters. The van der Waals surface area contributed by atoms with Crippen LogP contribution >= 0.6 is 0 Å². The third-order valence-corrected chi connectivity index (χ3v) is 7.77. The van der Waals surface area contributed by atoms with E-state index in [1.165, 1.54) is 22.3 Å². The number of rotatable bonds is 5. The second-order valence-electron chi connectivity index (χ2n) is 9.88. The number of fused-ring (bicyclic) bond motifs is 3. The smallest absolute Gasteiger partial charge is 0.189 e. The van der Waals surface area contributed by atoms with E-state index in [1.807, 2.05) is 12.1 Å². The molecule has 196 valence electrons. The van der Waals surface area contributed by atoms with Gasteiger partial charge in [0.05, 0.1) is 25.7 Å². The van der Waals surface area contributed by atoms with Crippen LogP contribution in [0.5, 0.6) is 11.5 Å². The van der Waals surface area contributed by atoms with Crippen molar-refractivity contribution in [2.45, 2.75) is 6.04 Å². The zero-order valence-corrected chi connectivity index (χ0v) is 22.5. The minimum Gasteiger partial charge on any atom is -0.493 e. The summed E-state index contributed by atoms with van der Waals surface area (Å²) in [5.74, 6) is 2.35. The molecule has 1 fully saturated rings. The predicted molar refractivity (Wildman–Crippen MR) is 155 cm³/mol. The molecule has 0 spiro atoms. The lowest BCUT2D eigenvalue weighted by atomic mass is 9.73. The zero-order chi connectivity index (χ0) is 26.9. The van der Waals surface area contributed by atoms with Crippen LogP contribution in [0.3, 0.4) is 0 Å². The lowest BCUT2D eigenvalue weighted by molar-refractivity contribution is -0.548. The summed E-state index contributed by atoms with van der Waals surface area (Å²) < 4.78 is 25.1. The highest BCUT2D eigenvalue weighted by Crippen LogP contribution is 2.48. The van der Waals surface area contributed by atoms with Gasteiger partial charge in [0, 0.05) is 5.56 Å². The fourth-order valence-corrected chi connectivity index (χ4v) is 5.92. The quantitative estimate of drug-likeness (QED) is 0.353. The summed E-state index contributed by atoms with van der Waals surface area (Å²) in [6.45, 7) is 4.98. The lowest BCUT2D eigenvalue weighted by Gasteiger charge is -2.34. The molecule has 3 aliphatic rings. The summed E-state index contributed by atoms with van der Waals surface area (Å²) in [6.07, 6.45) is 8.63. The molecule has 39 heavy (non-hydrogen) atoms. The van der Waals surface area contributed by atoms with Crippen molar-refractivity contribution in [2.24, 2.45) is 5.92 Å². The molecule has 1 saturated heterocycles. The number of nitrogens with zero attached hydrogens (tertiary/aromatic N) is 1. The van der Waals surface area contributed by atoms with Gasteiger partial charge in [-0.2, -0.15) is 0 Å². The second-order valence-corrected chi connectivity index (χ2v) is 9.88. The average molecular weight is 519 g/mol. The van der Waals surface area contributed by atoms with Crippen LogP contribution in [0.15, 0.2) is 102 Å². The van der Waals surface area contributed by atoms with Crippen LogP contribution in [-0.2, 0) is 9.47 Å². The van der Waals surface area contributed by atoms with Crippen molar-refractivity contribution in [3.63, 3.8) is 0 Å². The van der Waals surface area contributed by atoms with Crippen LogP contribution in [-0.4, -0.2) is 45.5 Å². The van der Waals surface area contributed by atoms with Crippen molar-refractivity contribution in [3.05, 3.63) is 119 Å². The first-order valence-corrected chi connectivity index (χ1v) is 13.1. The molecule has 0 N–H and O–H groups in total. The molecule has 6 rings (SSSR count). The molecule has 0 amide bonds. The van der Waals surface area contributed by atoms with Gasteiger partial charge in [-0.25, -0.2) is 4.58 Å². The van der Waals surface area contributed by atoms with Gasteiger partial charge in [0.25, 0.3) is 0 Å². The van der Waals surface area contributed by atoms with Gasteiger partial charge >= 0.3 is 0 Å². The van der Waals surface area contributed by atoms with E-state index in [-0.39, 0.29) is 18.8 Å². The van der Waals surface area contributed by atoms with E-state index in [0.29, 0.717) is 6.61 Å². The third-order valence-electron chi connectivity index (χ3n) is 7.77. The van der Waals surface area contributed by atoms with E-state index < -0.39 is 0 Å². The highest BCUT2D eigenvalue weighted by Gasteiger charge is 2.43. The monoisotopic (exact) mass is 518 g/mol. The molecule has 0 saturated carbocycles. The van der Waals surface area contributed by atoms with Crippen LogP contribution in [0.4, 0.5) is 0 Å². The summed E-state index contributed by atoms with van der Waals surface area (Å²) in [7, 11) is 5.46. The van der Waals surface area contributed by atoms with Gasteiger partial charge in [0.2, 0.25) is 0 Å². The number of ether oxygens (including phenoxy) is 4. The molecule has 3 aromatic carbocycles. The Hall–Kier alpha value is -4.35. The van der Waals surface area contributed by atoms with Crippen molar-refractivity contribution < 1.29 is 23.5 Å². The molecule has 5 nitrogen and oxygen atoms in total. The van der Waals surface area contributed by atoms with Crippen molar-refractivity contribution in [1.82, 2.24) is 0 Å². The molecule has 0 radical (unpaired) electrons. The molecule has 2 aliphatic heterocycles. The normalized spacial score (nSPS) is 22.8. The lowest BCUT2D eigenvalue weighted by Crippen LogP contribution is -2.34. The fourth-order valence-electron chi connectivity index (χ4n) is 5.92. The Balaban J connectivity index is 1.54. The van der Waals surface area contributed by atoms with E-state index >= 15 is 0 Å². The van der Waals surface area contributed by atoms with Gasteiger partial charge in [-0.3, -0.25) is 0 Å². The first-order valence-electron chi connectivity index (χ1n) is 13.1. The van der Waals surface area contributed by atoms with Gasteiger partial charge in [0.15, 0.2) is 30.5 Å². The van der Waals surface area contributed by atoms with Crippen LogP contribution in [0.1, 0.15) is 22.7 Å². The van der Waals surface area contributed by atoms with Gasteiger partial charge in [0.1, 0.15) is 19.4 Å². The summed E-state index contributed by atoms with van der Waals surface area (Å²) in [5, 5.41) is 0. The van der Waals surface area contributed by atoms with Crippen LogP contribution < -0.4 is 9.47 Å². The molecule has 3 aromatic rings. The summed E-state index contributed by atoms with van der Waals surface area (Å²) in [4.78, 5) is 0. The van der Waals surface area contributed by atoms with E-state index in [9.17, 15) is 0 Å². The summed E-state index contributed by atoms with van der Waals surface area (Å²) in [5.41, 5.74) is 9.11. The molecule has 0 bridgehead atoms. The maximum Gasteiger partial charge on any atom is 0.189 e.